The van der Waals surface area contributed by atoms with Crippen molar-refractivity contribution in [3.8, 4) is 0 Å². The van der Waals surface area contributed by atoms with E-state index in [0.717, 1.165) is 38.8 Å². The van der Waals surface area contributed by atoms with Crippen LogP contribution >= 0.6 is 11.8 Å². The first-order valence-corrected chi connectivity index (χ1v) is 18.5. The molecule has 0 bridgehead atoms. The molecule has 0 radical (unpaired) electrons. The van der Waals surface area contributed by atoms with E-state index in [0.29, 0.717) is 35.0 Å². The molecule has 2 saturated carbocycles. The maximum Gasteiger partial charge on any atom is 0.254 e. The zero-order valence-electron chi connectivity index (χ0n) is 28.2. The van der Waals surface area contributed by atoms with Gasteiger partial charge in [0.15, 0.2) is 0 Å². The number of nitrogens with zero attached hydrogens (tertiary/aromatic N) is 2. The van der Waals surface area contributed by atoms with Crippen LogP contribution in [0.4, 0.5) is 0 Å². The first-order valence-electron chi connectivity index (χ1n) is 17.2. The molecule has 3 heterocycles. The topological polar surface area (TPSA) is 82.2 Å². The second-order valence-corrected chi connectivity index (χ2v) is 15.5. The Balaban J connectivity index is 1.10. The largest absolute Gasteiger partial charge is 0.348 e. The van der Waals surface area contributed by atoms with E-state index in [1.54, 1.807) is 0 Å². The number of benzene rings is 1. The number of carbonyl (C=O) groups excluding carboxylic acids is 1. The van der Waals surface area contributed by atoms with Crippen LogP contribution < -0.4 is 16.2 Å². The molecule has 3 aliphatic rings. The number of hydrogen-bond acceptors (Lipinski definition) is 5. The number of nitrogens with one attached hydrogen (secondary N) is 3. The standard InChI is InChI=1S/C37H53N5O2S/c1-23(2)39-28-15-17-37(18-16-28)21-41(22-37)29-13-11-27(12-14-29)25(4)42-26(5)34(30-9-7-8-10-32(30)42)36(44)38-20-31-33(45-6)19-24(3)40-35(31)43/h7-10,19,23,25,27-29,39H,11-18,20-22H2,1-6H3,(H,38,44)(H,40,43)/t25-,27?,29?/m1/s1. The molecule has 2 aromatic heterocycles. The molecular weight excluding hydrogens is 579 g/mol. The van der Waals surface area contributed by atoms with Gasteiger partial charge in [-0.3, -0.25) is 14.5 Å². The van der Waals surface area contributed by atoms with E-state index in [9.17, 15) is 9.59 Å². The minimum Gasteiger partial charge on any atom is -0.348 e. The highest BCUT2D eigenvalue weighted by molar-refractivity contribution is 7.98. The van der Waals surface area contributed by atoms with Gasteiger partial charge < -0.3 is 20.2 Å². The molecule has 3 fully saturated rings. The second-order valence-electron chi connectivity index (χ2n) is 14.7. The van der Waals surface area contributed by atoms with Crippen LogP contribution in [0.15, 0.2) is 40.0 Å². The van der Waals surface area contributed by atoms with Crippen LogP contribution in [0.3, 0.4) is 0 Å². The minimum absolute atomic E-state index is 0.119. The van der Waals surface area contributed by atoms with Gasteiger partial charge in [0.25, 0.3) is 11.5 Å². The predicted octanol–water partition coefficient (Wildman–Crippen LogP) is 6.96. The molecule has 244 valence electrons. The van der Waals surface area contributed by atoms with Gasteiger partial charge in [0.2, 0.25) is 0 Å². The summed E-state index contributed by atoms with van der Waals surface area (Å²) < 4.78 is 2.42. The summed E-state index contributed by atoms with van der Waals surface area (Å²) in [7, 11) is 0. The lowest BCUT2D eigenvalue weighted by Crippen LogP contribution is -2.62. The highest BCUT2D eigenvalue weighted by Gasteiger charge is 2.47. The third kappa shape index (κ3) is 6.52. The molecule has 3 aromatic rings. The maximum absolute atomic E-state index is 13.7. The molecule has 1 saturated heterocycles. The number of aryl methyl sites for hydroxylation is 1. The van der Waals surface area contributed by atoms with Gasteiger partial charge in [-0.1, -0.05) is 32.0 Å². The van der Waals surface area contributed by atoms with Crippen molar-refractivity contribution < 1.29 is 4.79 Å². The molecule has 1 spiro atoms. The number of rotatable bonds is 9. The van der Waals surface area contributed by atoms with Gasteiger partial charge in [0, 0.05) is 76.6 Å². The third-order valence-electron chi connectivity index (χ3n) is 11.3. The molecule has 7 nitrogen and oxygen atoms in total. The van der Waals surface area contributed by atoms with Gasteiger partial charge in [-0.15, -0.1) is 11.8 Å². The van der Waals surface area contributed by atoms with E-state index in [-0.39, 0.29) is 18.0 Å². The number of hydrogen-bond donors (Lipinski definition) is 3. The normalized spacial score (nSPS) is 23.0. The number of likely N-dealkylation sites (tertiary alicyclic amines) is 1. The van der Waals surface area contributed by atoms with Crippen molar-refractivity contribution in [2.45, 2.75) is 122 Å². The second kappa shape index (κ2) is 13.3. The predicted molar refractivity (Wildman–Crippen MR) is 186 cm³/mol. The van der Waals surface area contributed by atoms with Crippen LogP contribution in [0.5, 0.6) is 0 Å². The number of pyridine rings is 1. The van der Waals surface area contributed by atoms with Crippen molar-refractivity contribution in [1.82, 2.24) is 25.1 Å². The number of thioether (sulfide) groups is 1. The molecule has 0 unspecified atom stereocenters. The summed E-state index contributed by atoms with van der Waals surface area (Å²) >= 11 is 1.53. The van der Waals surface area contributed by atoms with Crippen LogP contribution in [0.25, 0.3) is 10.9 Å². The van der Waals surface area contributed by atoms with E-state index in [4.69, 9.17) is 0 Å². The summed E-state index contributed by atoms with van der Waals surface area (Å²) in [6.45, 7) is 13.7. The van der Waals surface area contributed by atoms with E-state index in [2.05, 4.69) is 71.0 Å². The number of fused-ring (bicyclic) bond motifs is 1. The van der Waals surface area contributed by atoms with Crippen molar-refractivity contribution >= 4 is 28.6 Å². The molecule has 2 aliphatic carbocycles. The first-order chi connectivity index (χ1) is 21.6. The van der Waals surface area contributed by atoms with Gasteiger partial charge in [-0.2, -0.15) is 0 Å². The summed E-state index contributed by atoms with van der Waals surface area (Å²) in [5, 5.41) is 7.84. The summed E-state index contributed by atoms with van der Waals surface area (Å²) in [4.78, 5) is 33.0. The van der Waals surface area contributed by atoms with E-state index in [1.807, 2.05) is 25.3 Å². The van der Waals surface area contributed by atoms with Crippen molar-refractivity contribution in [3.05, 3.63) is 63.2 Å². The number of H-pyrrole nitrogens is 1. The van der Waals surface area contributed by atoms with Gasteiger partial charge >= 0.3 is 0 Å². The summed E-state index contributed by atoms with van der Waals surface area (Å²) in [6, 6.07) is 12.6. The Labute approximate surface area is 273 Å². The molecular formula is C37H53N5O2S. The quantitative estimate of drug-likeness (QED) is 0.223. The summed E-state index contributed by atoms with van der Waals surface area (Å²) in [5.41, 5.74) is 4.75. The number of aromatic nitrogens is 2. The van der Waals surface area contributed by atoms with Gasteiger partial charge in [-0.25, -0.2) is 0 Å². The fourth-order valence-corrected chi connectivity index (χ4v) is 9.62. The molecule has 1 aliphatic heterocycles. The number of carbonyl (C=O) groups is 1. The highest BCUT2D eigenvalue weighted by atomic mass is 32.2. The fraction of sp³-hybridized carbons (Fsp3) is 0.622. The zero-order valence-corrected chi connectivity index (χ0v) is 29.0. The number of para-hydroxylation sites is 1. The van der Waals surface area contributed by atoms with Gasteiger partial charge in [0.05, 0.1) is 5.56 Å². The molecule has 1 amide bonds. The average Bonchev–Trinajstić information content (AvgIpc) is 3.30. The Morgan fingerprint density at radius 1 is 1.04 bits per heavy atom. The molecule has 1 atom stereocenters. The zero-order chi connectivity index (χ0) is 31.9. The lowest BCUT2D eigenvalue weighted by atomic mass is 9.66. The van der Waals surface area contributed by atoms with Crippen molar-refractivity contribution in [1.29, 1.82) is 0 Å². The Bertz CT molecular complexity index is 1570. The van der Waals surface area contributed by atoms with Crippen LogP contribution in [0.2, 0.25) is 0 Å². The minimum atomic E-state index is -0.136. The van der Waals surface area contributed by atoms with Gasteiger partial charge in [0.1, 0.15) is 0 Å². The lowest BCUT2D eigenvalue weighted by Gasteiger charge is -2.57. The Morgan fingerprint density at radius 3 is 2.40 bits per heavy atom. The first kappa shape index (κ1) is 32.4. The molecule has 8 heteroatoms. The van der Waals surface area contributed by atoms with Crippen molar-refractivity contribution in [2.24, 2.45) is 11.3 Å². The molecule has 45 heavy (non-hydrogen) atoms. The SMILES string of the molecule is CSc1cc(C)[nH]c(=O)c1CNC(=O)c1c(C)n([C@H](C)C2CCC(N3CC4(CCC(NC(C)C)CC4)C3)CC2)c2ccccc12. The Morgan fingerprint density at radius 2 is 1.73 bits per heavy atom. The van der Waals surface area contributed by atoms with Crippen molar-refractivity contribution in [3.63, 3.8) is 0 Å². The molecule has 6 rings (SSSR count). The smallest absolute Gasteiger partial charge is 0.254 e. The number of aromatic amines is 1. The Kier molecular flexibility index (Phi) is 9.56. The van der Waals surface area contributed by atoms with Crippen LogP contribution in [-0.4, -0.2) is 57.8 Å². The maximum atomic E-state index is 13.7. The molecule has 1 aromatic carbocycles. The fourth-order valence-electron chi connectivity index (χ4n) is 8.91. The van der Waals surface area contributed by atoms with Gasteiger partial charge in [-0.05, 0) is 102 Å². The average molecular weight is 632 g/mol. The number of amides is 1. The lowest BCUT2D eigenvalue weighted by molar-refractivity contribution is -0.0708. The molecule has 3 N–H and O–H groups in total. The Hall–Kier alpha value is -2.55. The summed E-state index contributed by atoms with van der Waals surface area (Å²) in [5.74, 6) is 0.473. The monoisotopic (exact) mass is 631 g/mol. The third-order valence-corrected chi connectivity index (χ3v) is 12.1. The highest BCUT2D eigenvalue weighted by Crippen LogP contribution is 2.47. The van der Waals surface area contributed by atoms with Crippen LogP contribution in [0, 0.1) is 25.2 Å². The summed E-state index contributed by atoms with van der Waals surface area (Å²) in [6.07, 6.45) is 12.4. The van der Waals surface area contributed by atoms with E-state index < -0.39 is 0 Å². The van der Waals surface area contributed by atoms with E-state index in [1.165, 1.54) is 76.2 Å². The van der Waals surface area contributed by atoms with Crippen molar-refractivity contribution in [2.75, 3.05) is 19.3 Å². The van der Waals surface area contributed by atoms with Crippen LogP contribution in [-0.2, 0) is 6.54 Å². The van der Waals surface area contributed by atoms with E-state index >= 15 is 0 Å². The van der Waals surface area contributed by atoms with Crippen LogP contribution in [0.1, 0.15) is 105 Å².